The molecule has 0 saturated carbocycles. The van der Waals surface area contributed by atoms with Gasteiger partial charge in [0.25, 0.3) is 0 Å². The Labute approximate surface area is 168 Å². The van der Waals surface area contributed by atoms with E-state index < -0.39 is 23.5 Å². The number of aromatic hydroxyl groups is 1. The van der Waals surface area contributed by atoms with Gasteiger partial charge in [0, 0.05) is 22.9 Å². The second-order valence-corrected chi connectivity index (χ2v) is 6.72. The lowest BCUT2D eigenvalue weighted by atomic mass is 10.1. The van der Waals surface area contributed by atoms with Crippen LogP contribution in [0.5, 0.6) is 11.6 Å². The summed E-state index contributed by atoms with van der Waals surface area (Å²) in [6.07, 6.45) is -0.993. The van der Waals surface area contributed by atoms with Gasteiger partial charge >= 0.3 is 11.5 Å². The van der Waals surface area contributed by atoms with E-state index in [2.05, 4.69) is 15.2 Å². The van der Waals surface area contributed by atoms with Crippen molar-refractivity contribution in [2.75, 3.05) is 0 Å². The molecule has 0 unspecified atom stereocenters. The minimum Gasteiger partial charge on any atom is -0.493 e. The van der Waals surface area contributed by atoms with Crippen molar-refractivity contribution in [2.45, 2.75) is 20.0 Å². The summed E-state index contributed by atoms with van der Waals surface area (Å²) in [6.45, 7) is 3.28. The van der Waals surface area contributed by atoms with Crippen LogP contribution in [0.4, 0.5) is 10.1 Å². The maximum Gasteiger partial charge on any atom is 0.336 e. The van der Waals surface area contributed by atoms with Gasteiger partial charge in [-0.25, -0.2) is 9.18 Å². The maximum absolute atomic E-state index is 13.3. The highest BCUT2D eigenvalue weighted by Gasteiger charge is 2.17. The van der Waals surface area contributed by atoms with Crippen molar-refractivity contribution in [3.63, 3.8) is 0 Å². The number of nitrogens with one attached hydrogen (secondary N) is 1. The zero-order valence-corrected chi connectivity index (χ0v) is 16.0. The van der Waals surface area contributed by atoms with Crippen molar-refractivity contribution < 1.29 is 23.4 Å². The van der Waals surface area contributed by atoms with E-state index in [1.807, 2.05) is 0 Å². The lowest BCUT2D eigenvalue weighted by Gasteiger charge is -2.11. The number of H-pyrrole nitrogens is 1. The van der Waals surface area contributed by atoms with Crippen molar-refractivity contribution >= 4 is 33.5 Å². The van der Waals surface area contributed by atoms with E-state index >= 15 is 0 Å². The Balaban J connectivity index is 1.54. The number of nitrogens with zero attached hydrogens (tertiary/aromatic N) is 2. The Morgan fingerprint density at radius 1 is 1.20 bits per heavy atom. The number of halogens is 1. The molecule has 0 fully saturated rings. The van der Waals surface area contributed by atoms with Crippen molar-refractivity contribution in [1.29, 1.82) is 0 Å². The van der Waals surface area contributed by atoms with Crippen LogP contribution in [0, 0.1) is 12.7 Å². The third-order valence-electron chi connectivity index (χ3n) is 4.55. The van der Waals surface area contributed by atoms with Gasteiger partial charge in [-0.3, -0.25) is 4.79 Å². The molecule has 1 amide bonds. The Morgan fingerprint density at radius 2 is 1.97 bits per heavy atom. The molecule has 0 aliphatic carbocycles. The Bertz CT molecular complexity index is 1370. The molecule has 2 heterocycles. The minimum atomic E-state index is -0.993. The molecule has 0 spiro atoms. The second-order valence-electron chi connectivity index (χ2n) is 6.72. The summed E-state index contributed by atoms with van der Waals surface area (Å²) in [5, 5.41) is 18.5. The SMILES string of the molecule is Cc1cc(=O)oc2cc(O[C@@H](C)C(=O)N=Nc3c(O)[nH]c4cc(F)ccc34)ccc12. The van der Waals surface area contributed by atoms with Gasteiger partial charge in [-0.15, -0.1) is 10.2 Å². The van der Waals surface area contributed by atoms with E-state index in [1.54, 1.807) is 19.1 Å². The number of hydrogen-bond acceptors (Lipinski definition) is 6. The van der Waals surface area contributed by atoms with Crippen LogP contribution in [0.15, 0.2) is 61.9 Å². The number of aromatic nitrogens is 1. The molecule has 0 bridgehead atoms. The predicted octanol–water partition coefficient (Wildman–Crippen LogP) is 4.51. The third-order valence-corrected chi connectivity index (χ3v) is 4.55. The van der Waals surface area contributed by atoms with Crippen LogP contribution in [0.2, 0.25) is 0 Å². The molecule has 30 heavy (non-hydrogen) atoms. The van der Waals surface area contributed by atoms with Gasteiger partial charge in [0.15, 0.2) is 11.8 Å². The zero-order chi connectivity index (χ0) is 21.4. The van der Waals surface area contributed by atoms with Crippen LogP contribution in [-0.4, -0.2) is 22.1 Å². The molecule has 2 aromatic heterocycles. The quantitative estimate of drug-likeness (QED) is 0.380. The van der Waals surface area contributed by atoms with Gasteiger partial charge in [-0.1, -0.05) is 0 Å². The Hall–Kier alpha value is -4.01. The Morgan fingerprint density at radius 3 is 2.77 bits per heavy atom. The molecule has 2 aromatic carbocycles. The normalized spacial score (nSPS) is 12.6. The van der Waals surface area contributed by atoms with E-state index in [9.17, 15) is 19.1 Å². The first-order valence-electron chi connectivity index (χ1n) is 8.99. The number of aromatic amines is 1. The van der Waals surface area contributed by atoms with Crippen LogP contribution >= 0.6 is 0 Å². The standard InChI is InChI=1S/C21H16FN3O5/c1-10-7-18(26)30-17-9-13(4-6-14(10)17)29-11(2)20(27)25-24-19-15-5-3-12(22)8-16(15)23-21(19)28/h3-9,11,23,28H,1-2H3/t11-/m0/s1. The molecule has 2 N–H and O–H groups in total. The average Bonchev–Trinajstić information content (AvgIpc) is 2.99. The topological polar surface area (TPSA) is 117 Å². The number of ether oxygens (including phenoxy) is 1. The maximum atomic E-state index is 13.3. The highest BCUT2D eigenvalue weighted by atomic mass is 19.1. The summed E-state index contributed by atoms with van der Waals surface area (Å²) in [7, 11) is 0. The van der Waals surface area contributed by atoms with E-state index in [0.717, 1.165) is 10.9 Å². The summed E-state index contributed by atoms with van der Waals surface area (Å²) in [5.41, 5.74) is 0.979. The van der Waals surface area contributed by atoms with Crippen molar-refractivity contribution in [3.05, 3.63) is 64.3 Å². The van der Waals surface area contributed by atoms with Crippen LogP contribution in [0.1, 0.15) is 12.5 Å². The average molecular weight is 409 g/mol. The summed E-state index contributed by atoms with van der Waals surface area (Å²) in [4.78, 5) is 26.4. The molecule has 0 saturated heterocycles. The molecule has 0 aliphatic heterocycles. The monoisotopic (exact) mass is 409 g/mol. The van der Waals surface area contributed by atoms with Crippen molar-refractivity contribution in [1.82, 2.24) is 4.98 Å². The molecule has 8 nitrogen and oxygen atoms in total. The van der Waals surface area contributed by atoms with E-state index in [1.165, 1.54) is 37.3 Å². The number of aryl methyl sites for hydroxylation is 1. The smallest absolute Gasteiger partial charge is 0.336 e. The van der Waals surface area contributed by atoms with Gasteiger partial charge in [0.05, 0.1) is 5.52 Å². The van der Waals surface area contributed by atoms with Gasteiger partial charge in [0.2, 0.25) is 5.88 Å². The predicted molar refractivity (Wildman–Crippen MR) is 107 cm³/mol. The zero-order valence-electron chi connectivity index (χ0n) is 16.0. The Kier molecular flexibility index (Phi) is 4.78. The van der Waals surface area contributed by atoms with Gasteiger partial charge < -0.3 is 19.2 Å². The number of fused-ring (bicyclic) bond motifs is 2. The number of rotatable bonds is 4. The van der Waals surface area contributed by atoms with Crippen molar-refractivity contribution in [2.24, 2.45) is 10.2 Å². The number of carbonyl (C=O) groups is 1. The van der Waals surface area contributed by atoms with Gasteiger partial charge in [0.1, 0.15) is 17.1 Å². The van der Waals surface area contributed by atoms with Crippen molar-refractivity contribution in [3.8, 4) is 11.6 Å². The number of hydrogen-bond donors (Lipinski definition) is 2. The van der Waals surface area contributed by atoms with Crippen LogP contribution in [0.3, 0.4) is 0 Å². The highest BCUT2D eigenvalue weighted by Crippen LogP contribution is 2.35. The summed E-state index contributed by atoms with van der Waals surface area (Å²) in [6, 6.07) is 10.1. The first kappa shape index (κ1) is 19.3. The first-order chi connectivity index (χ1) is 14.3. The molecule has 0 aliphatic rings. The van der Waals surface area contributed by atoms with Gasteiger partial charge in [-0.05, 0) is 49.7 Å². The lowest BCUT2D eigenvalue weighted by molar-refractivity contribution is -0.124. The highest BCUT2D eigenvalue weighted by molar-refractivity contribution is 5.94. The summed E-state index contributed by atoms with van der Waals surface area (Å²) >= 11 is 0. The van der Waals surface area contributed by atoms with Gasteiger partial charge in [-0.2, -0.15) is 0 Å². The summed E-state index contributed by atoms with van der Waals surface area (Å²) in [5.74, 6) is -1.19. The fraction of sp³-hybridized carbons (Fsp3) is 0.143. The lowest BCUT2D eigenvalue weighted by Crippen LogP contribution is -2.21. The molecule has 4 rings (SSSR count). The van der Waals surface area contributed by atoms with Crippen LogP contribution < -0.4 is 10.4 Å². The van der Waals surface area contributed by atoms with E-state index in [0.29, 0.717) is 22.2 Å². The fourth-order valence-corrected chi connectivity index (χ4v) is 3.06. The first-order valence-corrected chi connectivity index (χ1v) is 8.99. The molecule has 9 heteroatoms. The third kappa shape index (κ3) is 3.64. The molecule has 152 valence electrons. The number of benzene rings is 2. The van der Waals surface area contributed by atoms with Crippen LogP contribution in [-0.2, 0) is 4.79 Å². The number of carbonyl (C=O) groups excluding carboxylic acids is 1. The molecule has 0 radical (unpaired) electrons. The number of azo groups is 1. The van der Waals surface area contributed by atoms with Crippen LogP contribution in [0.25, 0.3) is 21.9 Å². The summed E-state index contributed by atoms with van der Waals surface area (Å²) < 4.78 is 24.0. The molecule has 4 aromatic rings. The van der Waals surface area contributed by atoms with E-state index in [-0.39, 0.29) is 11.6 Å². The molecular formula is C21H16FN3O5. The largest absolute Gasteiger partial charge is 0.493 e. The fourth-order valence-electron chi connectivity index (χ4n) is 3.06. The second kappa shape index (κ2) is 7.43. The number of amides is 1. The molecule has 1 atom stereocenters. The molecular weight excluding hydrogens is 393 g/mol. The minimum absolute atomic E-state index is 0.0218. The van der Waals surface area contributed by atoms with E-state index in [4.69, 9.17) is 9.15 Å².